The standard InChI is InChI=1S/C28H47NO5/c1-4-7-8-9-10-14-19-26(20-21-27(30)33-24-25-17-12-11-13-18-25)34-28(31)32-23-16-15-22-29(5-2)6-3/h11-13,17-18,26H,4-10,14-16,19-24H2,1-3H3. The Balaban J connectivity index is 2.36. The number of nitrogens with zero attached hydrogens (tertiary/aromatic N) is 1. The van der Waals surface area contributed by atoms with Crippen molar-refractivity contribution < 1.29 is 23.8 Å². The summed E-state index contributed by atoms with van der Waals surface area (Å²) >= 11 is 0. The van der Waals surface area contributed by atoms with E-state index in [-0.39, 0.29) is 25.1 Å². The van der Waals surface area contributed by atoms with Crippen molar-refractivity contribution in [1.29, 1.82) is 0 Å². The Kier molecular flexibility index (Phi) is 17.9. The lowest BCUT2D eigenvalue weighted by atomic mass is 10.0. The molecule has 0 aromatic heterocycles. The Bertz CT molecular complexity index is 633. The molecule has 0 fully saturated rings. The van der Waals surface area contributed by atoms with Crippen LogP contribution >= 0.6 is 0 Å². The first-order valence-corrected chi connectivity index (χ1v) is 13.3. The highest BCUT2D eigenvalue weighted by Crippen LogP contribution is 2.16. The third kappa shape index (κ3) is 15.7. The van der Waals surface area contributed by atoms with Crippen molar-refractivity contribution in [2.24, 2.45) is 0 Å². The molecule has 1 aromatic rings. The van der Waals surface area contributed by atoms with Crippen LogP contribution in [0.2, 0.25) is 0 Å². The number of unbranched alkanes of at least 4 members (excludes halogenated alkanes) is 6. The van der Waals surface area contributed by atoms with Gasteiger partial charge in [0.15, 0.2) is 0 Å². The van der Waals surface area contributed by atoms with E-state index in [9.17, 15) is 9.59 Å². The molecule has 1 aromatic carbocycles. The molecular weight excluding hydrogens is 430 g/mol. The topological polar surface area (TPSA) is 65.1 Å². The van der Waals surface area contributed by atoms with Gasteiger partial charge in [0, 0.05) is 6.42 Å². The number of rotatable bonds is 20. The minimum atomic E-state index is -0.628. The highest BCUT2D eigenvalue weighted by Gasteiger charge is 2.18. The molecule has 0 heterocycles. The van der Waals surface area contributed by atoms with Gasteiger partial charge in [0.1, 0.15) is 12.7 Å². The van der Waals surface area contributed by atoms with Crippen LogP contribution in [0.15, 0.2) is 30.3 Å². The molecule has 6 nitrogen and oxygen atoms in total. The van der Waals surface area contributed by atoms with Gasteiger partial charge < -0.3 is 19.1 Å². The summed E-state index contributed by atoms with van der Waals surface area (Å²) in [6.07, 6.45) is 9.28. The number of carbonyl (C=O) groups is 2. The van der Waals surface area contributed by atoms with Crippen molar-refractivity contribution >= 4 is 12.1 Å². The second-order valence-corrected chi connectivity index (χ2v) is 8.81. The van der Waals surface area contributed by atoms with E-state index in [1.807, 2.05) is 30.3 Å². The number of hydrogen-bond acceptors (Lipinski definition) is 6. The number of carbonyl (C=O) groups excluding carboxylic acids is 2. The maximum Gasteiger partial charge on any atom is 0.508 e. The van der Waals surface area contributed by atoms with Gasteiger partial charge >= 0.3 is 12.1 Å². The second-order valence-electron chi connectivity index (χ2n) is 8.81. The average Bonchev–Trinajstić information content (AvgIpc) is 2.86. The molecule has 1 atom stereocenters. The predicted molar refractivity (Wildman–Crippen MR) is 137 cm³/mol. The van der Waals surface area contributed by atoms with Crippen molar-refractivity contribution in [3.05, 3.63) is 35.9 Å². The predicted octanol–water partition coefficient (Wildman–Crippen LogP) is 6.90. The van der Waals surface area contributed by atoms with Gasteiger partial charge in [-0.25, -0.2) is 4.79 Å². The Labute approximate surface area is 207 Å². The number of esters is 1. The molecule has 6 heteroatoms. The summed E-state index contributed by atoms with van der Waals surface area (Å²) in [5.74, 6) is -0.273. The summed E-state index contributed by atoms with van der Waals surface area (Å²) in [5, 5.41) is 0. The zero-order chi connectivity index (χ0) is 24.9. The fourth-order valence-corrected chi connectivity index (χ4v) is 3.81. The molecule has 0 saturated carbocycles. The van der Waals surface area contributed by atoms with Crippen molar-refractivity contribution in [2.75, 3.05) is 26.2 Å². The smallest absolute Gasteiger partial charge is 0.461 e. The van der Waals surface area contributed by atoms with Gasteiger partial charge in [0.2, 0.25) is 0 Å². The number of benzene rings is 1. The molecule has 34 heavy (non-hydrogen) atoms. The Hall–Kier alpha value is -2.08. The Morgan fingerprint density at radius 1 is 0.824 bits per heavy atom. The minimum Gasteiger partial charge on any atom is -0.461 e. The molecule has 0 bridgehead atoms. The molecule has 0 aliphatic heterocycles. The minimum absolute atomic E-state index is 0.227. The highest BCUT2D eigenvalue weighted by molar-refractivity contribution is 5.69. The van der Waals surface area contributed by atoms with E-state index in [4.69, 9.17) is 14.2 Å². The lowest BCUT2D eigenvalue weighted by molar-refractivity contribution is -0.145. The van der Waals surface area contributed by atoms with Crippen LogP contribution in [0, 0.1) is 0 Å². The summed E-state index contributed by atoms with van der Waals surface area (Å²) < 4.78 is 16.2. The lowest BCUT2D eigenvalue weighted by Crippen LogP contribution is -2.24. The molecule has 1 unspecified atom stereocenters. The fourth-order valence-electron chi connectivity index (χ4n) is 3.81. The first-order valence-electron chi connectivity index (χ1n) is 13.3. The van der Waals surface area contributed by atoms with Crippen molar-refractivity contribution in [1.82, 2.24) is 4.90 Å². The normalized spacial score (nSPS) is 11.9. The van der Waals surface area contributed by atoms with Crippen LogP contribution in [0.25, 0.3) is 0 Å². The van der Waals surface area contributed by atoms with Gasteiger partial charge in [-0.15, -0.1) is 0 Å². The summed E-state index contributed by atoms with van der Waals surface area (Å²) in [5.41, 5.74) is 0.959. The maximum absolute atomic E-state index is 12.2. The molecule has 194 valence electrons. The molecule has 0 aliphatic carbocycles. The summed E-state index contributed by atoms with van der Waals surface area (Å²) in [6, 6.07) is 9.62. The first kappa shape index (κ1) is 30.0. The first-order chi connectivity index (χ1) is 16.6. The van der Waals surface area contributed by atoms with Crippen LogP contribution < -0.4 is 0 Å². The molecular formula is C28H47NO5. The van der Waals surface area contributed by atoms with Crippen LogP contribution in [0.1, 0.15) is 97.0 Å². The van der Waals surface area contributed by atoms with Gasteiger partial charge in [0.05, 0.1) is 6.61 Å². The van der Waals surface area contributed by atoms with Gasteiger partial charge in [-0.2, -0.15) is 0 Å². The largest absolute Gasteiger partial charge is 0.508 e. The van der Waals surface area contributed by atoms with Crippen LogP contribution in [0.4, 0.5) is 4.79 Å². The molecule has 0 aliphatic rings. The van der Waals surface area contributed by atoms with E-state index in [0.717, 1.165) is 57.3 Å². The quantitative estimate of drug-likeness (QED) is 0.150. The molecule has 0 radical (unpaired) electrons. The lowest BCUT2D eigenvalue weighted by Gasteiger charge is -2.18. The molecule has 1 rings (SSSR count). The van der Waals surface area contributed by atoms with Crippen LogP contribution in [-0.2, 0) is 25.6 Å². The van der Waals surface area contributed by atoms with Crippen molar-refractivity contribution in [3.8, 4) is 0 Å². The van der Waals surface area contributed by atoms with E-state index >= 15 is 0 Å². The van der Waals surface area contributed by atoms with Crippen molar-refractivity contribution in [2.45, 2.75) is 104 Å². The Morgan fingerprint density at radius 3 is 2.24 bits per heavy atom. The number of hydrogen-bond donors (Lipinski definition) is 0. The van der Waals surface area contributed by atoms with E-state index in [1.54, 1.807) is 0 Å². The van der Waals surface area contributed by atoms with E-state index < -0.39 is 6.16 Å². The van der Waals surface area contributed by atoms with Crippen LogP contribution in [0.5, 0.6) is 0 Å². The summed E-state index contributed by atoms with van der Waals surface area (Å²) in [7, 11) is 0. The molecule has 0 saturated heterocycles. The average molecular weight is 478 g/mol. The third-order valence-electron chi connectivity index (χ3n) is 6.04. The summed E-state index contributed by atoms with van der Waals surface area (Å²) in [4.78, 5) is 26.8. The van der Waals surface area contributed by atoms with Gasteiger partial charge in [-0.05, 0) is 57.3 Å². The van der Waals surface area contributed by atoms with Crippen LogP contribution in [0.3, 0.4) is 0 Å². The van der Waals surface area contributed by atoms with E-state index in [2.05, 4.69) is 25.7 Å². The number of ether oxygens (including phenoxy) is 3. The molecule has 0 spiro atoms. The van der Waals surface area contributed by atoms with E-state index in [1.165, 1.54) is 25.7 Å². The van der Waals surface area contributed by atoms with Gasteiger partial charge in [0.25, 0.3) is 0 Å². The zero-order valence-electron chi connectivity index (χ0n) is 21.8. The Morgan fingerprint density at radius 2 is 1.53 bits per heavy atom. The molecule has 0 N–H and O–H groups in total. The fraction of sp³-hybridized carbons (Fsp3) is 0.714. The zero-order valence-corrected chi connectivity index (χ0v) is 21.8. The highest BCUT2D eigenvalue weighted by atomic mass is 16.7. The molecule has 0 amide bonds. The second kappa shape index (κ2) is 20.3. The van der Waals surface area contributed by atoms with Gasteiger partial charge in [-0.3, -0.25) is 4.79 Å². The monoisotopic (exact) mass is 477 g/mol. The van der Waals surface area contributed by atoms with Gasteiger partial charge in [-0.1, -0.05) is 83.2 Å². The van der Waals surface area contributed by atoms with E-state index in [0.29, 0.717) is 13.0 Å². The maximum atomic E-state index is 12.2. The SMILES string of the molecule is CCCCCCCCC(CCC(=O)OCc1ccccc1)OC(=O)OCCCCN(CC)CC. The van der Waals surface area contributed by atoms with Crippen LogP contribution in [-0.4, -0.2) is 49.4 Å². The third-order valence-corrected chi connectivity index (χ3v) is 6.04. The van der Waals surface area contributed by atoms with Crippen molar-refractivity contribution in [3.63, 3.8) is 0 Å². The summed E-state index contributed by atoms with van der Waals surface area (Å²) in [6.45, 7) is 10.2.